The summed E-state index contributed by atoms with van der Waals surface area (Å²) >= 11 is 3.34. The Morgan fingerprint density at radius 3 is 2.33 bits per heavy atom. The minimum Gasteiger partial charge on any atom is -0.246 e. The van der Waals surface area contributed by atoms with Crippen LogP contribution in [0.15, 0.2) is 41.0 Å². The largest absolute Gasteiger partial charge is 0.246 e. The summed E-state index contributed by atoms with van der Waals surface area (Å²) in [6, 6.07) is 10.3. The van der Waals surface area contributed by atoms with Crippen molar-refractivity contribution in [3.63, 3.8) is 0 Å². The van der Waals surface area contributed by atoms with Crippen molar-refractivity contribution < 1.29 is 4.39 Å². The molecule has 2 aromatic rings. The lowest BCUT2D eigenvalue weighted by Crippen LogP contribution is -1.85. The minimum atomic E-state index is -0.219. The first-order valence-corrected chi connectivity index (χ1v) is 5.34. The SMILES string of the molecule is Cc1cc(-c2ccc(F)cc2)cc(Br)n1. The zero-order valence-corrected chi connectivity index (χ0v) is 9.75. The van der Waals surface area contributed by atoms with Gasteiger partial charge in [-0.2, -0.15) is 0 Å². The van der Waals surface area contributed by atoms with Crippen LogP contribution in [-0.2, 0) is 0 Å². The highest BCUT2D eigenvalue weighted by Gasteiger charge is 2.01. The van der Waals surface area contributed by atoms with E-state index in [2.05, 4.69) is 20.9 Å². The van der Waals surface area contributed by atoms with E-state index in [9.17, 15) is 4.39 Å². The maximum atomic E-state index is 12.7. The molecule has 0 radical (unpaired) electrons. The third-order valence-electron chi connectivity index (χ3n) is 2.10. The van der Waals surface area contributed by atoms with Gasteiger partial charge in [0, 0.05) is 5.69 Å². The number of halogens is 2. The molecular formula is C12H9BrFN. The molecule has 1 heterocycles. The van der Waals surface area contributed by atoms with Gasteiger partial charge in [0.15, 0.2) is 0 Å². The van der Waals surface area contributed by atoms with Crippen LogP contribution in [0, 0.1) is 12.7 Å². The fourth-order valence-electron chi connectivity index (χ4n) is 1.44. The average molecular weight is 266 g/mol. The molecule has 1 nitrogen and oxygen atoms in total. The van der Waals surface area contributed by atoms with Crippen LogP contribution >= 0.6 is 15.9 Å². The second-order valence-electron chi connectivity index (χ2n) is 3.33. The summed E-state index contributed by atoms with van der Waals surface area (Å²) in [4.78, 5) is 4.22. The Labute approximate surface area is 96.1 Å². The Hall–Kier alpha value is -1.22. The molecule has 0 spiro atoms. The van der Waals surface area contributed by atoms with Gasteiger partial charge in [0.1, 0.15) is 10.4 Å². The van der Waals surface area contributed by atoms with E-state index in [0.717, 1.165) is 21.4 Å². The van der Waals surface area contributed by atoms with E-state index < -0.39 is 0 Å². The van der Waals surface area contributed by atoms with E-state index in [1.807, 2.05) is 19.1 Å². The Morgan fingerprint density at radius 2 is 1.73 bits per heavy atom. The van der Waals surface area contributed by atoms with Crippen LogP contribution in [0.25, 0.3) is 11.1 Å². The molecule has 0 bridgehead atoms. The number of hydrogen-bond acceptors (Lipinski definition) is 1. The van der Waals surface area contributed by atoms with E-state index in [1.54, 1.807) is 12.1 Å². The first-order chi connectivity index (χ1) is 7.15. The molecule has 3 heteroatoms. The third-order valence-corrected chi connectivity index (χ3v) is 2.51. The van der Waals surface area contributed by atoms with Gasteiger partial charge in [-0.25, -0.2) is 9.37 Å². The van der Waals surface area contributed by atoms with E-state index in [0.29, 0.717) is 0 Å². The number of aryl methyl sites for hydroxylation is 1. The van der Waals surface area contributed by atoms with Crippen molar-refractivity contribution >= 4 is 15.9 Å². The lowest BCUT2D eigenvalue weighted by Gasteiger charge is -2.03. The number of hydrogen-bond donors (Lipinski definition) is 0. The Kier molecular flexibility index (Phi) is 2.82. The van der Waals surface area contributed by atoms with Crippen molar-refractivity contribution in [3.05, 3.63) is 52.5 Å². The lowest BCUT2D eigenvalue weighted by molar-refractivity contribution is 0.628. The van der Waals surface area contributed by atoms with Crippen molar-refractivity contribution in [1.82, 2.24) is 4.98 Å². The maximum absolute atomic E-state index is 12.7. The van der Waals surface area contributed by atoms with E-state index in [-0.39, 0.29) is 5.82 Å². The molecule has 15 heavy (non-hydrogen) atoms. The molecule has 1 aromatic carbocycles. The first-order valence-electron chi connectivity index (χ1n) is 4.55. The first kappa shape index (κ1) is 10.3. The smallest absolute Gasteiger partial charge is 0.123 e. The molecule has 0 aliphatic rings. The molecule has 0 unspecified atom stereocenters. The van der Waals surface area contributed by atoms with Crippen LogP contribution in [0.3, 0.4) is 0 Å². The van der Waals surface area contributed by atoms with Crippen LogP contribution in [0.4, 0.5) is 4.39 Å². The Morgan fingerprint density at radius 1 is 1.07 bits per heavy atom. The van der Waals surface area contributed by atoms with Crippen LogP contribution < -0.4 is 0 Å². The van der Waals surface area contributed by atoms with Gasteiger partial charge in [-0.3, -0.25) is 0 Å². The Balaban J connectivity index is 2.49. The second-order valence-corrected chi connectivity index (χ2v) is 4.14. The van der Waals surface area contributed by atoms with Gasteiger partial charge in [-0.05, 0) is 58.2 Å². The predicted molar refractivity (Wildman–Crippen MR) is 62.1 cm³/mol. The van der Waals surface area contributed by atoms with Crippen LogP contribution in [0.5, 0.6) is 0 Å². The van der Waals surface area contributed by atoms with Crippen molar-refractivity contribution in [2.45, 2.75) is 6.92 Å². The van der Waals surface area contributed by atoms with Gasteiger partial charge in [0.2, 0.25) is 0 Å². The minimum absolute atomic E-state index is 0.219. The molecule has 0 saturated carbocycles. The molecule has 76 valence electrons. The van der Waals surface area contributed by atoms with Crippen LogP contribution in [0.2, 0.25) is 0 Å². The van der Waals surface area contributed by atoms with Gasteiger partial charge >= 0.3 is 0 Å². The molecule has 0 atom stereocenters. The average Bonchev–Trinajstić information content (AvgIpc) is 2.17. The topological polar surface area (TPSA) is 12.9 Å². The van der Waals surface area contributed by atoms with Gasteiger partial charge in [-0.15, -0.1) is 0 Å². The highest BCUT2D eigenvalue weighted by molar-refractivity contribution is 9.10. The van der Waals surface area contributed by atoms with Crippen LogP contribution in [0.1, 0.15) is 5.69 Å². The summed E-state index contributed by atoms with van der Waals surface area (Å²) in [5.74, 6) is -0.219. The van der Waals surface area contributed by atoms with Crippen LogP contribution in [-0.4, -0.2) is 4.98 Å². The number of aromatic nitrogens is 1. The number of rotatable bonds is 1. The molecule has 0 fully saturated rings. The highest BCUT2D eigenvalue weighted by Crippen LogP contribution is 2.23. The van der Waals surface area contributed by atoms with E-state index in [1.165, 1.54) is 12.1 Å². The fourth-order valence-corrected chi connectivity index (χ4v) is 1.96. The monoisotopic (exact) mass is 265 g/mol. The molecule has 0 amide bonds. The molecule has 0 saturated heterocycles. The molecule has 1 aromatic heterocycles. The normalized spacial score (nSPS) is 10.3. The standard InChI is InChI=1S/C12H9BrFN/c1-8-6-10(7-12(13)15-8)9-2-4-11(14)5-3-9/h2-7H,1H3. The maximum Gasteiger partial charge on any atom is 0.123 e. The van der Waals surface area contributed by atoms with E-state index >= 15 is 0 Å². The van der Waals surface area contributed by atoms with Crippen molar-refractivity contribution in [2.75, 3.05) is 0 Å². The quantitative estimate of drug-likeness (QED) is 0.712. The molecule has 0 N–H and O–H groups in total. The van der Waals surface area contributed by atoms with Crippen molar-refractivity contribution in [3.8, 4) is 11.1 Å². The fraction of sp³-hybridized carbons (Fsp3) is 0.0833. The molecule has 0 aliphatic carbocycles. The van der Waals surface area contributed by atoms with Gasteiger partial charge in [0.05, 0.1) is 0 Å². The van der Waals surface area contributed by atoms with E-state index in [4.69, 9.17) is 0 Å². The molecular weight excluding hydrogens is 257 g/mol. The summed E-state index contributed by atoms with van der Waals surface area (Å²) in [5.41, 5.74) is 2.96. The second kappa shape index (κ2) is 4.11. The number of nitrogens with zero attached hydrogens (tertiary/aromatic N) is 1. The number of benzene rings is 1. The lowest BCUT2D eigenvalue weighted by atomic mass is 10.1. The van der Waals surface area contributed by atoms with Gasteiger partial charge in [-0.1, -0.05) is 12.1 Å². The summed E-state index contributed by atoms with van der Waals surface area (Å²) < 4.78 is 13.5. The third kappa shape index (κ3) is 2.42. The molecule has 0 aliphatic heterocycles. The zero-order chi connectivity index (χ0) is 10.8. The summed E-state index contributed by atoms with van der Waals surface area (Å²) in [5, 5.41) is 0. The predicted octanol–water partition coefficient (Wildman–Crippen LogP) is 3.96. The zero-order valence-electron chi connectivity index (χ0n) is 8.17. The summed E-state index contributed by atoms with van der Waals surface area (Å²) in [6.45, 7) is 1.93. The Bertz CT molecular complexity index is 459. The summed E-state index contributed by atoms with van der Waals surface area (Å²) in [6.07, 6.45) is 0. The summed E-state index contributed by atoms with van der Waals surface area (Å²) in [7, 11) is 0. The highest BCUT2D eigenvalue weighted by atomic mass is 79.9. The van der Waals surface area contributed by atoms with Crippen molar-refractivity contribution in [2.24, 2.45) is 0 Å². The van der Waals surface area contributed by atoms with Gasteiger partial charge < -0.3 is 0 Å². The number of pyridine rings is 1. The van der Waals surface area contributed by atoms with Gasteiger partial charge in [0.25, 0.3) is 0 Å². The molecule has 2 rings (SSSR count). The van der Waals surface area contributed by atoms with Crippen molar-refractivity contribution in [1.29, 1.82) is 0 Å².